The molecule has 1 unspecified atom stereocenters. The number of carboxylic acids is 1. The van der Waals surface area contributed by atoms with Crippen molar-refractivity contribution in [2.75, 3.05) is 0 Å². The SMILES string of the molecule is CC(NC(=O)c1cccc(S(=O)(=O)NC2CC2)c1)C(=O)O. The average Bonchev–Trinajstić information content (AvgIpc) is 3.22. The molecule has 8 heteroatoms. The van der Waals surface area contributed by atoms with Crippen molar-refractivity contribution in [2.45, 2.75) is 36.7 Å². The minimum Gasteiger partial charge on any atom is -0.480 e. The van der Waals surface area contributed by atoms with Crippen molar-refractivity contribution in [3.8, 4) is 0 Å². The van der Waals surface area contributed by atoms with Crippen molar-refractivity contribution < 1.29 is 23.1 Å². The number of amides is 1. The zero-order valence-electron chi connectivity index (χ0n) is 11.4. The Labute approximate surface area is 122 Å². The van der Waals surface area contributed by atoms with Crippen LogP contribution >= 0.6 is 0 Å². The standard InChI is InChI=1S/C13H16N2O5S/c1-8(13(17)18)14-12(16)9-3-2-4-11(7-9)21(19,20)15-10-5-6-10/h2-4,7-8,10,15H,5-6H2,1H3,(H,14,16)(H,17,18). The van der Waals surface area contributed by atoms with Crippen molar-refractivity contribution in [1.82, 2.24) is 10.0 Å². The first-order valence-electron chi connectivity index (χ1n) is 6.45. The summed E-state index contributed by atoms with van der Waals surface area (Å²) < 4.78 is 26.6. The molecule has 1 saturated carbocycles. The molecule has 114 valence electrons. The Morgan fingerprint density at radius 3 is 2.57 bits per heavy atom. The molecule has 1 aromatic carbocycles. The van der Waals surface area contributed by atoms with Crippen molar-refractivity contribution in [1.29, 1.82) is 0 Å². The van der Waals surface area contributed by atoms with E-state index in [-0.39, 0.29) is 16.5 Å². The van der Waals surface area contributed by atoms with Gasteiger partial charge in [0.2, 0.25) is 10.0 Å². The second-order valence-electron chi connectivity index (χ2n) is 4.96. The lowest BCUT2D eigenvalue weighted by Gasteiger charge is -2.10. The molecule has 0 radical (unpaired) electrons. The molecule has 0 bridgehead atoms. The van der Waals surface area contributed by atoms with Crippen LogP contribution in [0.25, 0.3) is 0 Å². The fraction of sp³-hybridized carbons (Fsp3) is 0.385. The highest BCUT2D eigenvalue weighted by Crippen LogP contribution is 2.22. The summed E-state index contributed by atoms with van der Waals surface area (Å²) in [7, 11) is -3.64. The second kappa shape index (κ2) is 5.82. The lowest BCUT2D eigenvalue weighted by atomic mass is 10.2. The molecule has 3 N–H and O–H groups in total. The van der Waals surface area contributed by atoms with E-state index in [2.05, 4.69) is 10.0 Å². The highest BCUT2D eigenvalue weighted by atomic mass is 32.2. The van der Waals surface area contributed by atoms with E-state index < -0.39 is 27.9 Å². The van der Waals surface area contributed by atoms with Crippen LogP contribution in [-0.2, 0) is 14.8 Å². The quantitative estimate of drug-likeness (QED) is 0.700. The van der Waals surface area contributed by atoms with E-state index in [4.69, 9.17) is 5.11 Å². The fourth-order valence-electron chi connectivity index (χ4n) is 1.63. The van der Waals surface area contributed by atoms with Gasteiger partial charge in [0.1, 0.15) is 6.04 Å². The Morgan fingerprint density at radius 2 is 2.00 bits per heavy atom. The van der Waals surface area contributed by atoms with Gasteiger partial charge in [0.25, 0.3) is 5.91 Å². The number of rotatable bonds is 6. The van der Waals surface area contributed by atoms with Gasteiger partial charge in [-0.05, 0) is 38.0 Å². The van der Waals surface area contributed by atoms with Gasteiger partial charge in [0, 0.05) is 11.6 Å². The molecule has 1 fully saturated rings. The summed E-state index contributed by atoms with van der Waals surface area (Å²) in [6, 6.07) is 4.42. The van der Waals surface area contributed by atoms with E-state index in [9.17, 15) is 18.0 Å². The monoisotopic (exact) mass is 312 g/mol. The smallest absolute Gasteiger partial charge is 0.325 e. The van der Waals surface area contributed by atoms with E-state index in [1.165, 1.54) is 31.2 Å². The normalized spacial score (nSPS) is 16.2. The zero-order chi connectivity index (χ0) is 15.6. The van der Waals surface area contributed by atoms with E-state index >= 15 is 0 Å². The molecule has 1 amide bonds. The summed E-state index contributed by atoms with van der Waals surface area (Å²) >= 11 is 0. The van der Waals surface area contributed by atoms with Crippen LogP contribution in [0.1, 0.15) is 30.1 Å². The summed E-state index contributed by atoms with van der Waals surface area (Å²) in [4.78, 5) is 22.6. The van der Waals surface area contributed by atoms with E-state index in [1.54, 1.807) is 0 Å². The summed E-state index contributed by atoms with van der Waals surface area (Å²) in [6.45, 7) is 1.33. The number of hydrogen-bond acceptors (Lipinski definition) is 4. The Balaban J connectivity index is 2.17. The maximum absolute atomic E-state index is 12.1. The summed E-state index contributed by atoms with van der Waals surface area (Å²) in [5, 5.41) is 11.0. The first kappa shape index (κ1) is 15.5. The van der Waals surface area contributed by atoms with Crippen molar-refractivity contribution in [3.05, 3.63) is 29.8 Å². The molecule has 1 atom stereocenters. The molecule has 1 aliphatic rings. The molecule has 0 aliphatic heterocycles. The fourth-order valence-corrected chi connectivity index (χ4v) is 2.99. The van der Waals surface area contributed by atoms with E-state index in [0.717, 1.165) is 12.8 Å². The molecule has 1 aromatic rings. The predicted octanol–water partition coefficient (Wildman–Crippen LogP) is 0.330. The van der Waals surface area contributed by atoms with Gasteiger partial charge in [-0.2, -0.15) is 0 Å². The van der Waals surface area contributed by atoms with Gasteiger partial charge in [-0.3, -0.25) is 9.59 Å². The second-order valence-corrected chi connectivity index (χ2v) is 6.67. The van der Waals surface area contributed by atoms with E-state index in [1.807, 2.05) is 0 Å². The van der Waals surface area contributed by atoms with Crippen LogP contribution < -0.4 is 10.0 Å². The third kappa shape index (κ3) is 4.02. The van der Waals surface area contributed by atoms with Crippen LogP contribution in [0.4, 0.5) is 0 Å². The highest BCUT2D eigenvalue weighted by Gasteiger charge is 2.28. The number of sulfonamides is 1. The van der Waals surface area contributed by atoms with Gasteiger partial charge in [-0.15, -0.1) is 0 Å². The molecule has 0 aromatic heterocycles. The first-order valence-corrected chi connectivity index (χ1v) is 7.94. The predicted molar refractivity (Wildman–Crippen MR) is 74.3 cm³/mol. The molecule has 21 heavy (non-hydrogen) atoms. The Kier molecular flexibility index (Phi) is 4.29. The molecule has 2 rings (SSSR count). The van der Waals surface area contributed by atoms with Gasteiger partial charge in [-0.25, -0.2) is 13.1 Å². The Hall–Kier alpha value is -1.93. The minimum absolute atomic E-state index is 0.00923. The molecule has 1 aliphatic carbocycles. The third-order valence-electron chi connectivity index (χ3n) is 3.02. The lowest BCUT2D eigenvalue weighted by molar-refractivity contribution is -0.138. The maximum atomic E-state index is 12.1. The Bertz CT molecular complexity index is 667. The summed E-state index contributed by atoms with van der Waals surface area (Å²) in [6.07, 6.45) is 1.63. The van der Waals surface area contributed by atoms with E-state index in [0.29, 0.717) is 0 Å². The van der Waals surface area contributed by atoms with Crippen LogP contribution in [0.3, 0.4) is 0 Å². The van der Waals surface area contributed by atoms with Crippen LogP contribution in [0.2, 0.25) is 0 Å². The van der Waals surface area contributed by atoms with Crippen LogP contribution in [0.5, 0.6) is 0 Å². The summed E-state index contributed by atoms with van der Waals surface area (Å²) in [5.41, 5.74) is 0.0989. The van der Waals surface area contributed by atoms with Crippen molar-refractivity contribution in [2.24, 2.45) is 0 Å². The minimum atomic E-state index is -3.64. The number of benzene rings is 1. The number of carbonyl (C=O) groups is 2. The maximum Gasteiger partial charge on any atom is 0.325 e. The molecule has 7 nitrogen and oxygen atoms in total. The molecule has 0 heterocycles. The molecular weight excluding hydrogens is 296 g/mol. The molecule has 0 saturated heterocycles. The zero-order valence-corrected chi connectivity index (χ0v) is 12.2. The van der Waals surface area contributed by atoms with Crippen LogP contribution in [0.15, 0.2) is 29.2 Å². The number of aliphatic carboxylic acids is 1. The van der Waals surface area contributed by atoms with Crippen molar-refractivity contribution in [3.63, 3.8) is 0 Å². The first-order chi connectivity index (χ1) is 9.79. The topological polar surface area (TPSA) is 113 Å². The number of nitrogens with one attached hydrogen (secondary N) is 2. The van der Waals surface area contributed by atoms with Gasteiger partial charge in [0.05, 0.1) is 4.90 Å². The third-order valence-corrected chi connectivity index (χ3v) is 4.54. The number of carbonyl (C=O) groups excluding carboxylic acids is 1. The van der Waals surface area contributed by atoms with Crippen LogP contribution in [0, 0.1) is 0 Å². The van der Waals surface area contributed by atoms with Crippen molar-refractivity contribution >= 4 is 21.9 Å². The molecular formula is C13H16N2O5S. The Morgan fingerprint density at radius 1 is 1.33 bits per heavy atom. The van der Waals surface area contributed by atoms with Crippen LogP contribution in [-0.4, -0.2) is 37.5 Å². The van der Waals surface area contributed by atoms with Gasteiger partial charge in [-0.1, -0.05) is 6.07 Å². The van der Waals surface area contributed by atoms with Gasteiger partial charge in [0.15, 0.2) is 0 Å². The van der Waals surface area contributed by atoms with Gasteiger partial charge >= 0.3 is 5.97 Å². The lowest BCUT2D eigenvalue weighted by Crippen LogP contribution is -2.38. The van der Waals surface area contributed by atoms with Gasteiger partial charge < -0.3 is 10.4 Å². The largest absolute Gasteiger partial charge is 0.480 e. The average molecular weight is 312 g/mol. The number of hydrogen-bond donors (Lipinski definition) is 3. The highest BCUT2D eigenvalue weighted by molar-refractivity contribution is 7.89. The molecule has 0 spiro atoms. The number of carboxylic acid groups (broad SMARTS) is 1. The summed E-state index contributed by atoms with van der Waals surface area (Å²) in [5.74, 6) is -1.80.